The summed E-state index contributed by atoms with van der Waals surface area (Å²) >= 11 is 7.34. The van der Waals surface area contributed by atoms with Crippen molar-refractivity contribution in [2.24, 2.45) is 0 Å². The van der Waals surface area contributed by atoms with Gasteiger partial charge in [0.05, 0.1) is 0 Å². The van der Waals surface area contributed by atoms with Gasteiger partial charge in [0, 0.05) is 27.4 Å². The van der Waals surface area contributed by atoms with Gasteiger partial charge in [0.15, 0.2) is 0 Å². The minimum Gasteiger partial charge on any atom is -0.324 e. The fraction of sp³-hybridized carbons (Fsp3) is 0.211. The quantitative estimate of drug-likeness (QED) is 0.600. The van der Waals surface area contributed by atoms with Gasteiger partial charge in [-0.15, -0.1) is 22.0 Å². The van der Waals surface area contributed by atoms with Crippen LogP contribution in [0.1, 0.15) is 24.6 Å². The predicted octanol–water partition coefficient (Wildman–Crippen LogP) is 4.80. The number of nitrogens with zero attached hydrogens (tertiary/aromatic N) is 3. The van der Waals surface area contributed by atoms with E-state index < -0.39 is 0 Å². The van der Waals surface area contributed by atoms with Crippen LogP contribution in [0.25, 0.3) is 0 Å². The van der Waals surface area contributed by atoms with Crippen LogP contribution < -0.4 is 10.9 Å². The van der Waals surface area contributed by atoms with Crippen molar-refractivity contribution < 1.29 is 4.39 Å². The van der Waals surface area contributed by atoms with Gasteiger partial charge in [0.2, 0.25) is 5.95 Å². The minimum absolute atomic E-state index is 0.140. The first kappa shape index (κ1) is 18.0. The SMILES string of the molecule is O=c1c(CSc2ccc(F)cc2)nnc(Nc2ccc(Cl)cc2)n1C1CC1. The Labute approximate surface area is 164 Å². The predicted molar refractivity (Wildman–Crippen MR) is 105 cm³/mol. The summed E-state index contributed by atoms with van der Waals surface area (Å²) in [5, 5.41) is 12.2. The third kappa shape index (κ3) is 4.31. The molecule has 0 amide bonds. The summed E-state index contributed by atoms with van der Waals surface area (Å²) < 4.78 is 14.7. The molecule has 5 nitrogen and oxygen atoms in total. The van der Waals surface area contributed by atoms with Crippen LogP contribution in [-0.4, -0.2) is 14.8 Å². The molecule has 0 aliphatic heterocycles. The van der Waals surface area contributed by atoms with Crippen molar-refractivity contribution in [1.29, 1.82) is 0 Å². The highest BCUT2D eigenvalue weighted by Crippen LogP contribution is 2.36. The van der Waals surface area contributed by atoms with E-state index in [9.17, 15) is 9.18 Å². The molecule has 8 heteroatoms. The topological polar surface area (TPSA) is 59.8 Å². The highest BCUT2D eigenvalue weighted by molar-refractivity contribution is 7.98. The van der Waals surface area contributed by atoms with Gasteiger partial charge in [-0.2, -0.15) is 0 Å². The molecule has 2 aromatic carbocycles. The first-order valence-electron chi connectivity index (χ1n) is 8.49. The Kier molecular flexibility index (Phi) is 5.13. The van der Waals surface area contributed by atoms with Gasteiger partial charge in [-0.05, 0) is 61.4 Å². The van der Waals surface area contributed by atoms with Crippen LogP contribution in [0.5, 0.6) is 0 Å². The fourth-order valence-corrected chi connectivity index (χ4v) is 3.57. The number of rotatable bonds is 6. The lowest BCUT2D eigenvalue weighted by Gasteiger charge is -2.13. The van der Waals surface area contributed by atoms with E-state index in [2.05, 4.69) is 15.5 Å². The number of hydrogen-bond acceptors (Lipinski definition) is 5. The second-order valence-electron chi connectivity index (χ2n) is 6.25. The van der Waals surface area contributed by atoms with Crippen LogP contribution in [0.2, 0.25) is 5.02 Å². The summed E-state index contributed by atoms with van der Waals surface area (Å²) in [5.74, 6) is 0.527. The van der Waals surface area contributed by atoms with E-state index in [-0.39, 0.29) is 17.4 Å². The Morgan fingerprint density at radius 2 is 1.81 bits per heavy atom. The third-order valence-corrected chi connectivity index (χ3v) is 5.44. The molecule has 0 atom stereocenters. The molecule has 1 fully saturated rings. The zero-order chi connectivity index (χ0) is 18.8. The van der Waals surface area contributed by atoms with Gasteiger partial charge in [-0.25, -0.2) is 4.39 Å². The van der Waals surface area contributed by atoms with Crippen molar-refractivity contribution in [3.8, 4) is 0 Å². The van der Waals surface area contributed by atoms with Crippen molar-refractivity contribution in [3.63, 3.8) is 0 Å². The van der Waals surface area contributed by atoms with E-state index >= 15 is 0 Å². The second kappa shape index (κ2) is 7.70. The number of nitrogens with one attached hydrogen (secondary N) is 1. The molecule has 27 heavy (non-hydrogen) atoms. The second-order valence-corrected chi connectivity index (χ2v) is 7.74. The van der Waals surface area contributed by atoms with E-state index in [0.29, 0.717) is 22.4 Å². The Balaban J connectivity index is 1.57. The Bertz CT molecular complexity index is 1000. The van der Waals surface area contributed by atoms with Gasteiger partial charge in [0.1, 0.15) is 11.5 Å². The molecular formula is C19H16ClFN4OS. The van der Waals surface area contributed by atoms with Crippen LogP contribution in [-0.2, 0) is 5.75 Å². The molecular weight excluding hydrogens is 387 g/mol. The molecule has 0 radical (unpaired) electrons. The number of aromatic nitrogens is 3. The van der Waals surface area contributed by atoms with Crippen LogP contribution in [0.4, 0.5) is 16.0 Å². The average molecular weight is 403 g/mol. The zero-order valence-electron chi connectivity index (χ0n) is 14.2. The average Bonchev–Trinajstić information content (AvgIpc) is 3.49. The molecule has 0 spiro atoms. The van der Waals surface area contributed by atoms with Crippen molar-refractivity contribution in [1.82, 2.24) is 14.8 Å². The summed E-state index contributed by atoms with van der Waals surface area (Å²) in [6.07, 6.45) is 1.90. The van der Waals surface area contributed by atoms with Crippen molar-refractivity contribution in [2.75, 3.05) is 5.32 Å². The lowest BCUT2D eigenvalue weighted by molar-refractivity contribution is 0.626. The summed E-state index contributed by atoms with van der Waals surface area (Å²) in [6.45, 7) is 0. The van der Waals surface area contributed by atoms with Crippen LogP contribution in [0.15, 0.2) is 58.2 Å². The van der Waals surface area contributed by atoms with Gasteiger partial charge in [-0.3, -0.25) is 9.36 Å². The molecule has 3 aromatic rings. The number of benzene rings is 2. The summed E-state index contributed by atoms with van der Waals surface area (Å²) in [4.78, 5) is 13.8. The molecule has 1 saturated carbocycles. The lowest BCUT2D eigenvalue weighted by Crippen LogP contribution is -2.27. The van der Waals surface area contributed by atoms with E-state index in [0.717, 1.165) is 23.4 Å². The van der Waals surface area contributed by atoms with Gasteiger partial charge >= 0.3 is 0 Å². The molecule has 4 rings (SSSR count). The molecule has 0 saturated heterocycles. The molecule has 0 unspecified atom stereocenters. The molecule has 0 bridgehead atoms. The first-order chi connectivity index (χ1) is 13.1. The molecule has 1 heterocycles. The lowest BCUT2D eigenvalue weighted by atomic mass is 10.3. The number of anilines is 2. The minimum atomic E-state index is -0.284. The summed E-state index contributed by atoms with van der Waals surface area (Å²) in [6, 6.07) is 13.5. The van der Waals surface area contributed by atoms with E-state index in [1.54, 1.807) is 28.8 Å². The van der Waals surface area contributed by atoms with E-state index in [1.807, 2.05) is 12.1 Å². The fourth-order valence-electron chi connectivity index (χ4n) is 2.63. The molecule has 1 aliphatic carbocycles. The highest BCUT2D eigenvalue weighted by Gasteiger charge is 2.29. The molecule has 138 valence electrons. The molecule has 1 aromatic heterocycles. The number of halogens is 2. The van der Waals surface area contributed by atoms with Crippen LogP contribution in [0.3, 0.4) is 0 Å². The number of hydrogen-bond donors (Lipinski definition) is 1. The van der Waals surface area contributed by atoms with Crippen molar-refractivity contribution in [2.45, 2.75) is 29.5 Å². The zero-order valence-corrected chi connectivity index (χ0v) is 15.8. The maximum Gasteiger partial charge on any atom is 0.278 e. The smallest absolute Gasteiger partial charge is 0.278 e. The Morgan fingerprint density at radius 1 is 1.11 bits per heavy atom. The monoisotopic (exact) mass is 402 g/mol. The van der Waals surface area contributed by atoms with Crippen molar-refractivity contribution in [3.05, 3.63) is 75.4 Å². The Morgan fingerprint density at radius 3 is 2.48 bits per heavy atom. The normalized spacial score (nSPS) is 13.6. The van der Waals surface area contributed by atoms with Gasteiger partial charge in [0.25, 0.3) is 5.56 Å². The highest BCUT2D eigenvalue weighted by atomic mass is 35.5. The van der Waals surface area contributed by atoms with Gasteiger partial charge in [-0.1, -0.05) is 11.6 Å². The summed E-state index contributed by atoms with van der Waals surface area (Å²) in [5.41, 5.74) is 1.03. The van der Waals surface area contributed by atoms with Crippen LogP contribution >= 0.6 is 23.4 Å². The van der Waals surface area contributed by atoms with E-state index in [1.165, 1.54) is 23.9 Å². The first-order valence-corrected chi connectivity index (χ1v) is 9.85. The summed E-state index contributed by atoms with van der Waals surface area (Å²) in [7, 11) is 0. The number of thioether (sulfide) groups is 1. The van der Waals surface area contributed by atoms with Crippen LogP contribution in [0, 0.1) is 5.82 Å². The molecule has 1 aliphatic rings. The third-order valence-electron chi connectivity index (χ3n) is 4.16. The largest absolute Gasteiger partial charge is 0.324 e. The molecule has 1 N–H and O–H groups in total. The Hall–Kier alpha value is -2.38. The maximum atomic E-state index is 13.0. The standard InChI is InChI=1S/C19H16ClFN4OS/c20-12-1-5-14(6-2-12)22-19-24-23-17(18(26)25(19)15-7-8-15)11-27-16-9-3-13(21)4-10-16/h1-6,9-10,15H,7-8,11H2,(H,22,24). The van der Waals surface area contributed by atoms with E-state index in [4.69, 9.17) is 11.6 Å². The van der Waals surface area contributed by atoms with Gasteiger partial charge < -0.3 is 5.32 Å². The maximum absolute atomic E-state index is 13.0. The van der Waals surface area contributed by atoms with Crippen molar-refractivity contribution >= 4 is 35.0 Å².